The molecule has 7 nitrogen and oxygen atoms in total. The molecule has 1 aliphatic rings. The fourth-order valence-corrected chi connectivity index (χ4v) is 3.46. The molecule has 2 aromatic carbocycles. The van der Waals surface area contributed by atoms with E-state index in [2.05, 4.69) is 29.4 Å². The number of carbonyl (C=O) groups is 2. The van der Waals surface area contributed by atoms with Crippen LogP contribution in [-0.4, -0.2) is 54.5 Å². The molecule has 0 fully saturated rings. The van der Waals surface area contributed by atoms with E-state index < -0.39 is 0 Å². The molecule has 2 aromatic rings. The van der Waals surface area contributed by atoms with Crippen molar-refractivity contribution in [3.63, 3.8) is 0 Å². The van der Waals surface area contributed by atoms with E-state index in [0.29, 0.717) is 35.2 Å². The molecule has 3 amide bonds. The molecular formula is C22H27ClN4O3. The first-order valence-electron chi connectivity index (χ1n) is 10.1. The summed E-state index contributed by atoms with van der Waals surface area (Å²) in [5.74, 6) is 0.243. The lowest BCUT2D eigenvalue weighted by atomic mass is 10.2. The molecule has 0 spiro atoms. The van der Waals surface area contributed by atoms with E-state index in [0.717, 1.165) is 25.2 Å². The van der Waals surface area contributed by atoms with Crippen molar-refractivity contribution in [3.05, 3.63) is 53.1 Å². The van der Waals surface area contributed by atoms with Crippen molar-refractivity contribution in [1.29, 1.82) is 0 Å². The van der Waals surface area contributed by atoms with Gasteiger partial charge in [-0.1, -0.05) is 55.8 Å². The molecule has 0 saturated heterocycles. The lowest BCUT2D eigenvalue weighted by Crippen LogP contribution is -2.40. The van der Waals surface area contributed by atoms with Crippen LogP contribution >= 0.6 is 11.6 Å². The van der Waals surface area contributed by atoms with E-state index in [4.69, 9.17) is 16.3 Å². The van der Waals surface area contributed by atoms with Crippen LogP contribution < -0.4 is 15.4 Å². The minimum Gasteiger partial charge on any atom is -0.482 e. The van der Waals surface area contributed by atoms with Crippen LogP contribution in [0.4, 0.5) is 16.2 Å². The second kappa shape index (κ2) is 10.3. The number of amides is 3. The Kier molecular flexibility index (Phi) is 7.54. The number of hydrogen-bond acceptors (Lipinski definition) is 4. The molecule has 0 atom stereocenters. The predicted octanol–water partition coefficient (Wildman–Crippen LogP) is 4.05. The number of anilines is 2. The second-order valence-electron chi connectivity index (χ2n) is 7.03. The zero-order valence-electron chi connectivity index (χ0n) is 17.3. The summed E-state index contributed by atoms with van der Waals surface area (Å²) < 4.78 is 5.43. The highest BCUT2D eigenvalue weighted by Gasteiger charge is 2.21. The fourth-order valence-electron chi connectivity index (χ4n) is 3.25. The van der Waals surface area contributed by atoms with Crippen molar-refractivity contribution >= 4 is 34.9 Å². The molecule has 3 rings (SSSR count). The van der Waals surface area contributed by atoms with Crippen LogP contribution in [-0.2, 0) is 11.3 Å². The van der Waals surface area contributed by atoms with Crippen LogP contribution in [0.15, 0.2) is 42.5 Å². The predicted molar refractivity (Wildman–Crippen MR) is 119 cm³/mol. The lowest BCUT2D eigenvalue weighted by molar-refractivity contribution is -0.118. The van der Waals surface area contributed by atoms with Gasteiger partial charge in [-0.05, 0) is 24.7 Å². The number of hydrogen-bond donors (Lipinski definition) is 2. The number of ether oxygens (including phenoxy) is 1. The average molecular weight is 431 g/mol. The number of nitrogens with one attached hydrogen (secondary N) is 2. The Balaban J connectivity index is 1.75. The van der Waals surface area contributed by atoms with Gasteiger partial charge in [0.15, 0.2) is 6.61 Å². The van der Waals surface area contributed by atoms with E-state index >= 15 is 0 Å². The first-order valence-corrected chi connectivity index (χ1v) is 10.5. The summed E-state index contributed by atoms with van der Waals surface area (Å²) in [6.07, 6.45) is 0. The Morgan fingerprint density at radius 1 is 1.17 bits per heavy atom. The van der Waals surface area contributed by atoms with Gasteiger partial charge in [0.25, 0.3) is 5.91 Å². The molecule has 8 heteroatoms. The maximum absolute atomic E-state index is 13.1. The van der Waals surface area contributed by atoms with Crippen molar-refractivity contribution < 1.29 is 14.3 Å². The molecule has 2 N–H and O–H groups in total. The van der Waals surface area contributed by atoms with Crippen LogP contribution in [0, 0.1) is 0 Å². The van der Waals surface area contributed by atoms with Gasteiger partial charge in [0.2, 0.25) is 0 Å². The van der Waals surface area contributed by atoms with E-state index in [-0.39, 0.29) is 18.5 Å². The van der Waals surface area contributed by atoms with E-state index in [9.17, 15) is 9.59 Å². The number of halogens is 1. The molecule has 1 heterocycles. The first kappa shape index (κ1) is 21.9. The summed E-state index contributed by atoms with van der Waals surface area (Å²) in [5.41, 5.74) is 1.99. The molecule has 0 saturated carbocycles. The Morgan fingerprint density at radius 3 is 2.60 bits per heavy atom. The second-order valence-corrected chi connectivity index (χ2v) is 7.44. The van der Waals surface area contributed by atoms with Crippen LogP contribution in [0.25, 0.3) is 0 Å². The Bertz CT molecular complexity index is 887. The van der Waals surface area contributed by atoms with Crippen molar-refractivity contribution in [1.82, 2.24) is 9.80 Å². The van der Waals surface area contributed by atoms with Gasteiger partial charge in [0.05, 0.1) is 16.4 Å². The molecule has 30 heavy (non-hydrogen) atoms. The normalized spacial score (nSPS) is 12.7. The zero-order chi connectivity index (χ0) is 21.5. The van der Waals surface area contributed by atoms with Crippen molar-refractivity contribution in [2.24, 2.45) is 0 Å². The number of nitrogens with zero attached hydrogens (tertiary/aromatic N) is 2. The standard InChI is InChI=1S/C22H27ClN4O3/c1-3-26(4-2)10-11-27(14-16-8-6-5-7-9-16)22(29)25-18-13-20-19(12-17(18)23)24-21(28)15-30-20/h5-9,12-13H,3-4,10-11,14-15H2,1-2H3,(H,24,28)(H,25,29). The highest BCUT2D eigenvalue weighted by atomic mass is 35.5. The van der Waals surface area contributed by atoms with Crippen LogP contribution in [0.2, 0.25) is 5.02 Å². The van der Waals surface area contributed by atoms with Gasteiger partial charge in [-0.15, -0.1) is 0 Å². The third kappa shape index (κ3) is 5.64. The van der Waals surface area contributed by atoms with Gasteiger partial charge in [-0.25, -0.2) is 4.79 Å². The topological polar surface area (TPSA) is 73.9 Å². The third-order valence-corrected chi connectivity index (χ3v) is 5.34. The molecule has 0 bridgehead atoms. The molecule has 1 aliphatic heterocycles. The highest BCUT2D eigenvalue weighted by molar-refractivity contribution is 6.34. The smallest absolute Gasteiger partial charge is 0.322 e. The summed E-state index contributed by atoms with van der Waals surface area (Å²) in [6.45, 7) is 7.86. The summed E-state index contributed by atoms with van der Waals surface area (Å²) in [4.78, 5) is 28.6. The lowest BCUT2D eigenvalue weighted by Gasteiger charge is -2.27. The van der Waals surface area contributed by atoms with Gasteiger partial charge in [0.1, 0.15) is 5.75 Å². The van der Waals surface area contributed by atoms with E-state index in [1.807, 2.05) is 30.3 Å². The molecule has 0 aliphatic carbocycles. The molecule has 0 unspecified atom stereocenters. The maximum Gasteiger partial charge on any atom is 0.322 e. The largest absolute Gasteiger partial charge is 0.482 e. The fraction of sp³-hybridized carbons (Fsp3) is 0.364. The molecular weight excluding hydrogens is 404 g/mol. The summed E-state index contributed by atoms with van der Waals surface area (Å²) in [5, 5.41) is 5.93. The average Bonchev–Trinajstić information content (AvgIpc) is 2.75. The zero-order valence-corrected chi connectivity index (χ0v) is 18.0. The number of urea groups is 1. The number of rotatable bonds is 8. The van der Waals surface area contributed by atoms with Gasteiger partial charge in [-0.3, -0.25) is 4.79 Å². The third-order valence-electron chi connectivity index (χ3n) is 5.03. The Labute approximate surface area is 181 Å². The van der Waals surface area contributed by atoms with Gasteiger partial charge < -0.3 is 25.2 Å². The summed E-state index contributed by atoms with van der Waals surface area (Å²) in [7, 11) is 0. The van der Waals surface area contributed by atoms with Crippen molar-refractivity contribution in [2.75, 3.05) is 43.4 Å². The summed E-state index contributed by atoms with van der Waals surface area (Å²) >= 11 is 6.34. The van der Waals surface area contributed by atoms with Crippen LogP contribution in [0.1, 0.15) is 19.4 Å². The van der Waals surface area contributed by atoms with Crippen molar-refractivity contribution in [3.8, 4) is 5.75 Å². The first-order chi connectivity index (χ1) is 14.5. The van der Waals surface area contributed by atoms with Crippen molar-refractivity contribution in [2.45, 2.75) is 20.4 Å². The monoisotopic (exact) mass is 430 g/mol. The van der Waals surface area contributed by atoms with Crippen LogP contribution in [0.5, 0.6) is 5.75 Å². The summed E-state index contributed by atoms with van der Waals surface area (Å²) in [6, 6.07) is 12.9. The van der Waals surface area contributed by atoms with E-state index in [1.165, 1.54) is 0 Å². The SMILES string of the molecule is CCN(CC)CCN(Cc1ccccc1)C(=O)Nc1cc2c(cc1Cl)NC(=O)CO2. The molecule has 0 radical (unpaired) electrons. The molecule has 0 aromatic heterocycles. The maximum atomic E-state index is 13.1. The quantitative estimate of drug-likeness (QED) is 0.662. The van der Waals surface area contributed by atoms with Gasteiger partial charge in [0, 0.05) is 25.7 Å². The Hall–Kier alpha value is -2.77. The minimum absolute atomic E-state index is 0.0635. The number of carbonyl (C=O) groups excluding carboxylic acids is 2. The number of likely N-dealkylation sites (N-methyl/N-ethyl adjacent to an activating group) is 1. The van der Waals surface area contributed by atoms with Gasteiger partial charge in [-0.2, -0.15) is 0 Å². The Morgan fingerprint density at radius 2 is 1.90 bits per heavy atom. The highest BCUT2D eigenvalue weighted by Crippen LogP contribution is 2.36. The minimum atomic E-state index is -0.243. The van der Waals surface area contributed by atoms with E-state index in [1.54, 1.807) is 17.0 Å². The van der Waals surface area contributed by atoms with Gasteiger partial charge >= 0.3 is 6.03 Å². The number of benzene rings is 2. The molecule has 160 valence electrons. The number of fused-ring (bicyclic) bond motifs is 1. The van der Waals surface area contributed by atoms with Crippen LogP contribution in [0.3, 0.4) is 0 Å².